The Morgan fingerprint density at radius 1 is 1.05 bits per heavy atom. The minimum Gasteiger partial charge on any atom is -0.378 e. The van der Waals surface area contributed by atoms with Crippen molar-refractivity contribution in [1.29, 1.82) is 0 Å². The molecule has 4 atom stereocenters. The van der Waals surface area contributed by atoms with Crippen molar-refractivity contribution < 1.29 is 22.8 Å². The summed E-state index contributed by atoms with van der Waals surface area (Å²) < 4.78 is 27.3. The van der Waals surface area contributed by atoms with Crippen LogP contribution in [0, 0.1) is 0 Å². The second-order valence-corrected chi connectivity index (χ2v) is 12.6. The lowest BCUT2D eigenvalue weighted by molar-refractivity contribution is -0.131. The van der Waals surface area contributed by atoms with Crippen LogP contribution in [0.2, 0.25) is 10.0 Å². The molecule has 0 unspecified atom stereocenters. The average molecular weight is 604 g/mol. The Kier molecular flexibility index (Phi) is 8.32. The van der Waals surface area contributed by atoms with E-state index >= 15 is 0 Å². The Bertz CT molecular complexity index is 1520. The zero-order chi connectivity index (χ0) is 28.4. The number of fused-ring (bicyclic) bond motifs is 1. The van der Waals surface area contributed by atoms with Gasteiger partial charge in [-0.1, -0.05) is 60.3 Å². The van der Waals surface area contributed by atoms with Crippen LogP contribution in [0.15, 0.2) is 67.0 Å². The third kappa shape index (κ3) is 5.95. The number of hydroxylamine groups is 1. The highest BCUT2D eigenvalue weighted by Gasteiger charge is 2.49. The number of nitrogens with zero attached hydrogens (tertiary/aromatic N) is 2. The molecule has 1 fully saturated rings. The first-order chi connectivity index (χ1) is 19.1. The summed E-state index contributed by atoms with van der Waals surface area (Å²) in [6, 6.07) is 13.2. The lowest BCUT2D eigenvalue weighted by Gasteiger charge is -2.49. The molecule has 1 aliphatic carbocycles. The first kappa shape index (κ1) is 28.4. The van der Waals surface area contributed by atoms with E-state index in [2.05, 4.69) is 15.2 Å². The average Bonchev–Trinajstić information content (AvgIpc) is 2.92. The van der Waals surface area contributed by atoms with E-state index in [-0.39, 0.29) is 10.9 Å². The van der Waals surface area contributed by atoms with Crippen molar-refractivity contribution in [3.05, 3.63) is 93.7 Å². The quantitative estimate of drug-likeness (QED) is 0.380. The number of aromatic nitrogens is 1. The number of benzene rings is 2. The molecule has 1 aromatic heterocycles. The van der Waals surface area contributed by atoms with E-state index in [0.29, 0.717) is 40.3 Å². The van der Waals surface area contributed by atoms with Crippen molar-refractivity contribution >= 4 is 45.0 Å². The molecule has 2 heterocycles. The van der Waals surface area contributed by atoms with Gasteiger partial charge < -0.3 is 9.74 Å². The fraction of sp³-hybridized carbons (Fsp3) is 0.321. The molecule has 210 valence electrons. The minimum atomic E-state index is -3.58. The largest absolute Gasteiger partial charge is 0.378 e. The summed E-state index contributed by atoms with van der Waals surface area (Å²) in [7, 11) is -3.58. The summed E-state index contributed by atoms with van der Waals surface area (Å²) in [5.41, 5.74) is 3.91. The smallest absolute Gasteiger partial charge is 0.262 e. The number of sulfonamides is 1. The van der Waals surface area contributed by atoms with Crippen molar-refractivity contribution in [3.8, 4) is 5.75 Å². The molecule has 1 aliphatic heterocycles. The number of hydrogen-bond donors (Lipinski definition) is 2. The highest BCUT2D eigenvalue weighted by molar-refractivity contribution is 7.88. The monoisotopic (exact) mass is 602 g/mol. The van der Waals surface area contributed by atoms with Gasteiger partial charge in [0, 0.05) is 33.9 Å². The fourth-order valence-corrected chi connectivity index (χ4v) is 7.05. The fourth-order valence-electron chi connectivity index (χ4n) is 5.71. The van der Waals surface area contributed by atoms with E-state index in [9.17, 15) is 18.0 Å². The van der Waals surface area contributed by atoms with Gasteiger partial charge in [0.15, 0.2) is 5.75 Å². The summed E-state index contributed by atoms with van der Waals surface area (Å²) in [6.07, 6.45) is 6.83. The zero-order valence-corrected chi connectivity index (χ0v) is 23.9. The highest BCUT2D eigenvalue weighted by atomic mass is 35.5. The van der Waals surface area contributed by atoms with Gasteiger partial charge >= 0.3 is 0 Å². The van der Waals surface area contributed by atoms with Crippen LogP contribution in [0.5, 0.6) is 5.75 Å². The van der Waals surface area contributed by atoms with Crippen molar-refractivity contribution in [2.75, 3.05) is 6.26 Å². The number of halogens is 2. The lowest BCUT2D eigenvalue weighted by Crippen LogP contribution is -2.59. The van der Waals surface area contributed by atoms with Crippen LogP contribution >= 0.6 is 23.2 Å². The van der Waals surface area contributed by atoms with Gasteiger partial charge in [-0.05, 0) is 54.3 Å². The first-order valence-electron chi connectivity index (χ1n) is 12.8. The molecule has 5 rings (SSSR count). The number of carbonyl (C=O) groups excluding carboxylic acids is 2. The molecule has 2 amide bonds. The SMILES string of the molecule is CS(=O)(=O)N[C@H]1CCCC[C@@H]1N1C(=O)c2ccccc2[C@@H](C(=O)NOc2cccnc2)[C@@H]1c1ccc(Cl)cc1Cl. The normalized spacial score (nSPS) is 22.9. The number of amides is 2. The maximum atomic E-state index is 14.2. The molecule has 0 saturated heterocycles. The van der Waals surface area contributed by atoms with Crippen LogP contribution in [0.4, 0.5) is 0 Å². The molecule has 1 saturated carbocycles. The van der Waals surface area contributed by atoms with Crippen LogP contribution in [0.25, 0.3) is 0 Å². The number of rotatable bonds is 7. The summed E-state index contributed by atoms with van der Waals surface area (Å²) in [6.45, 7) is 0. The van der Waals surface area contributed by atoms with Crippen LogP contribution in [-0.4, -0.2) is 48.5 Å². The highest BCUT2D eigenvalue weighted by Crippen LogP contribution is 2.47. The van der Waals surface area contributed by atoms with Crippen molar-refractivity contribution in [2.24, 2.45) is 0 Å². The summed E-state index contributed by atoms with van der Waals surface area (Å²) >= 11 is 12.9. The molecule has 0 radical (unpaired) electrons. The zero-order valence-electron chi connectivity index (χ0n) is 21.6. The molecule has 0 spiro atoms. The summed E-state index contributed by atoms with van der Waals surface area (Å²) in [4.78, 5) is 39.4. The molecule has 2 N–H and O–H groups in total. The molecular weight excluding hydrogens is 575 g/mol. The molecule has 40 heavy (non-hydrogen) atoms. The standard InChI is InChI=1S/C28H28Cl2N4O5S/c1-40(37,38)33-23-10-4-5-11-24(23)34-26(21-13-12-17(29)15-22(21)30)25(19-8-2-3-9-20(19)28(34)36)27(35)32-39-18-7-6-14-31-16-18/h2-3,6-9,12-16,23-26,33H,4-5,10-11H2,1H3,(H,32,35)/t23-,24-,25+,26-/m0/s1. The number of hydrogen-bond acceptors (Lipinski definition) is 6. The Morgan fingerprint density at radius 3 is 2.55 bits per heavy atom. The summed E-state index contributed by atoms with van der Waals surface area (Å²) in [5.74, 6) is -1.42. The first-order valence-corrected chi connectivity index (χ1v) is 15.5. The van der Waals surface area contributed by atoms with Gasteiger partial charge in [0.05, 0.1) is 24.4 Å². The van der Waals surface area contributed by atoms with Crippen LogP contribution in [0.3, 0.4) is 0 Å². The van der Waals surface area contributed by atoms with Crippen LogP contribution in [0.1, 0.15) is 59.1 Å². The Balaban J connectivity index is 1.65. The molecule has 2 aliphatic rings. The van der Waals surface area contributed by atoms with Crippen LogP contribution < -0.4 is 15.0 Å². The van der Waals surface area contributed by atoms with Gasteiger partial charge in [-0.2, -0.15) is 5.48 Å². The van der Waals surface area contributed by atoms with Gasteiger partial charge in [0.1, 0.15) is 0 Å². The summed E-state index contributed by atoms with van der Waals surface area (Å²) in [5, 5.41) is 0.683. The predicted octanol–water partition coefficient (Wildman–Crippen LogP) is 4.64. The third-order valence-electron chi connectivity index (χ3n) is 7.30. The second-order valence-electron chi connectivity index (χ2n) is 9.99. The molecule has 0 bridgehead atoms. The molecule has 12 heteroatoms. The van der Waals surface area contributed by atoms with Crippen molar-refractivity contribution in [1.82, 2.24) is 20.1 Å². The predicted molar refractivity (Wildman–Crippen MR) is 152 cm³/mol. The van der Waals surface area contributed by atoms with E-state index in [1.807, 2.05) is 0 Å². The van der Waals surface area contributed by atoms with E-state index in [1.165, 1.54) is 6.20 Å². The Hall–Kier alpha value is -3.18. The number of carbonyl (C=O) groups is 2. The van der Waals surface area contributed by atoms with Gasteiger partial charge in [-0.3, -0.25) is 14.6 Å². The van der Waals surface area contributed by atoms with Crippen molar-refractivity contribution in [3.63, 3.8) is 0 Å². The minimum absolute atomic E-state index is 0.282. The molecule has 9 nitrogen and oxygen atoms in total. The second kappa shape index (κ2) is 11.7. The molecular formula is C28H28Cl2N4O5S. The van der Waals surface area contributed by atoms with E-state index in [4.69, 9.17) is 28.0 Å². The van der Waals surface area contributed by atoms with Gasteiger partial charge in [0.2, 0.25) is 10.0 Å². The Morgan fingerprint density at radius 2 is 1.82 bits per heavy atom. The molecule has 2 aromatic carbocycles. The van der Waals surface area contributed by atoms with Crippen molar-refractivity contribution in [2.45, 2.75) is 49.7 Å². The third-order valence-corrected chi connectivity index (χ3v) is 8.59. The molecule has 3 aromatic rings. The maximum Gasteiger partial charge on any atom is 0.262 e. The van der Waals surface area contributed by atoms with E-state index in [0.717, 1.165) is 19.1 Å². The van der Waals surface area contributed by atoms with Gasteiger partial charge in [-0.25, -0.2) is 13.1 Å². The van der Waals surface area contributed by atoms with Gasteiger partial charge in [0.25, 0.3) is 11.8 Å². The number of nitrogens with one attached hydrogen (secondary N) is 2. The number of pyridine rings is 1. The Labute approximate surface area is 242 Å². The van der Waals surface area contributed by atoms with E-state index in [1.54, 1.807) is 65.7 Å². The lowest BCUT2D eigenvalue weighted by atomic mass is 9.76. The van der Waals surface area contributed by atoms with E-state index < -0.39 is 40.0 Å². The topological polar surface area (TPSA) is 118 Å². The van der Waals surface area contributed by atoms with Crippen LogP contribution in [-0.2, 0) is 14.8 Å². The maximum absolute atomic E-state index is 14.2. The van der Waals surface area contributed by atoms with Gasteiger partial charge in [-0.15, -0.1) is 0 Å².